The van der Waals surface area contributed by atoms with Crippen LogP contribution in [0.1, 0.15) is 23.5 Å². The number of hydrogen-bond acceptors (Lipinski definition) is 5. The number of aliphatic hydroxyl groups is 1. The first-order valence-electron chi connectivity index (χ1n) is 5.58. The Kier molecular flexibility index (Phi) is 7.23. The van der Waals surface area contributed by atoms with E-state index < -0.39 is 0 Å². The maximum atomic E-state index is 11.4. The van der Waals surface area contributed by atoms with Gasteiger partial charge < -0.3 is 10.4 Å². The van der Waals surface area contributed by atoms with Crippen LogP contribution in [0.3, 0.4) is 0 Å². The van der Waals surface area contributed by atoms with Crippen molar-refractivity contribution in [2.24, 2.45) is 0 Å². The molecule has 1 heterocycles. The van der Waals surface area contributed by atoms with Crippen molar-refractivity contribution in [3.8, 4) is 0 Å². The minimum Gasteiger partial charge on any atom is -0.396 e. The summed E-state index contributed by atoms with van der Waals surface area (Å²) in [6.45, 7) is 2.82. The molecule has 0 aliphatic heterocycles. The minimum absolute atomic E-state index is 0.0555. The van der Waals surface area contributed by atoms with Gasteiger partial charge in [0, 0.05) is 24.3 Å². The first-order chi connectivity index (χ1) is 8.22. The van der Waals surface area contributed by atoms with Gasteiger partial charge >= 0.3 is 0 Å². The Bertz CT molecular complexity index is 342. The van der Waals surface area contributed by atoms with Crippen LogP contribution in [0.15, 0.2) is 5.38 Å². The van der Waals surface area contributed by atoms with Gasteiger partial charge in [-0.2, -0.15) is 0 Å². The van der Waals surface area contributed by atoms with Crippen LogP contribution in [0.4, 0.5) is 0 Å². The van der Waals surface area contributed by atoms with Gasteiger partial charge in [-0.05, 0) is 19.8 Å². The highest BCUT2D eigenvalue weighted by atomic mass is 32.2. The third-order valence-electron chi connectivity index (χ3n) is 2.06. The molecular weight excluding hydrogens is 256 g/mol. The zero-order chi connectivity index (χ0) is 12.5. The van der Waals surface area contributed by atoms with Gasteiger partial charge in [-0.15, -0.1) is 23.1 Å². The topological polar surface area (TPSA) is 62.2 Å². The number of hydrogen-bond donors (Lipinski definition) is 2. The minimum atomic E-state index is 0.0555. The van der Waals surface area contributed by atoms with Crippen LogP contribution in [-0.2, 0) is 10.5 Å². The lowest BCUT2D eigenvalue weighted by Gasteiger charge is -2.03. The third-order valence-corrected chi connectivity index (χ3v) is 3.85. The number of aromatic nitrogens is 1. The fourth-order valence-corrected chi connectivity index (χ4v) is 2.70. The largest absolute Gasteiger partial charge is 0.396 e. The number of thiazole rings is 1. The molecule has 96 valence electrons. The molecule has 1 aromatic rings. The van der Waals surface area contributed by atoms with Crippen molar-refractivity contribution < 1.29 is 9.90 Å². The van der Waals surface area contributed by atoms with Gasteiger partial charge in [0.15, 0.2) is 0 Å². The maximum Gasteiger partial charge on any atom is 0.230 e. The predicted molar refractivity (Wildman–Crippen MR) is 72.3 cm³/mol. The van der Waals surface area contributed by atoms with Crippen LogP contribution in [-0.4, -0.2) is 34.9 Å². The molecule has 6 heteroatoms. The summed E-state index contributed by atoms with van der Waals surface area (Å²) in [4.78, 5) is 15.7. The molecule has 0 saturated heterocycles. The monoisotopic (exact) mass is 274 g/mol. The molecule has 1 amide bonds. The van der Waals surface area contributed by atoms with E-state index in [1.165, 1.54) is 0 Å². The highest BCUT2D eigenvalue weighted by molar-refractivity contribution is 7.99. The molecule has 0 saturated carbocycles. The number of nitrogens with zero attached hydrogens (tertiary/aromatic N) is 1. The van der Waals surface area contributed by atoms with Gasteiger partial charge in [0.05, 0.1) is 16.5 Å². The van der Waals surface area contributed by atoms with Crippen molar-refractivity contribution in [1.82, 2.24) is 10.3 Å². The van der Waals surface area contributed by atoms with Crippen LogP contribution in [0.5, 0.6) is 0 Å². The van der Waals surface area contributed by atoms with Crippen molar-refractivity contribution >= 4 is 29.0 Å². The summed E-state index contributed by atoms with van der Waals surface area (Å²) in [5.41, 5.74) is 1.05. The average molecular weight is 274 g/mol. The van der Waals surface area contributed by atoms with Crippen LogP contribution < -0.4 is 5.32 Å². The van der Waals surface area contributed by atoms with E-state index in [0.29, 0.717) is 12.3 Å². The number of aliphatic hydroxyl groups excluding tert-OH is 1. The lowest BCUT2D eigenvalue weighted by molar-refractivity contribution is -0.118. The number of aryl methyl sites for hydroxylation is 1. The highest BCUT2D eigenvalue weighted by Crippen LogP contribution is 2.14. The Labute approximate surface area is 110 Å². The maximum absolute atomic E-state index is 11.4. The molecule has 0 aliphatic rings. The van der Waals surface area contributed by atoms with E-state index in [9.17, 15) is 4.79 Å². The standard InChI is InChI=1S/C11H18N2O2S2/c1-9-13-10(7-17-9)6-16-8-11(15)12-4-2-3-5-14/h7,14H,2-6,8H2,1H3,(H,12,15). The van der Waals surface area contributed by atoms with Gasteiger partial charge in [0.2, 0.25) is 5.91 Å². The van der Waals surface area contributed by atoms with Crippen molar-refractivity contribution in [1.29, 1.82) is 0 Å². The van der Waals surface area contributed by atoms with Crippen molar-refractivity contribution in [2.75, 3.05) is 18.9 Å². The van der Waals surface area contributed by atoms with E-state index in [1.807, 2.05) is 12.3 Å². The molecule has 0 radical (unpaired) electrons. The Morgan fingerprint density at radius 1 is 1.59 bits per heavy atom. The van der Waals surface area contributed by atoms with Crippen LogP contribution in [0, 0.1) is 6.92 Å². The van der Waals surface area contributed by atoms with E-state index in [2.05, 4.69) is 10.3 Å². The molecule has 0 bridgehead atoms. The second-order valence-corrected chi connectivity index (χ2v) is 5.68. The van der Waals surface area contributed by atoms with Gasteiger partial charge in [0.25, 0.3) is 0 Å². The first-order valence-corrected chi connectivity index (χ1v) is 7.62. The summed E-state index contributed by atoms with van der Waals surface area (Å²) < 4.78 is 0. The molecule has 0 spiro atoms. The van der Waals surface area contributed by atoms with E-state index in [4.69, 9.17) is 5.11 Å². The number of rotatable bonds is 8. The van der Waals surface area contributed by atoms with E-state index in [1.54, 1.807) is 23.1 Å². The second kappa shape index (κ2) is 8.49. The average Bonchev–Trinajstić information content (AvgIpc) is 2.71. The van der Waals surface area contributed by atoms with Gasteiger partial charge in [-0.1, -0.05) is 0 Å². The number of unbranched alkanes of at least 4 members (excludes halogenated alkanes) is 1. The molecule has 1 rings (SSSR count). The van der Waals surface area contributed by atoms with E-state index in [-0.39, 0.29) is 12.5 Å². The Morgan fingerprint density at radius 3 is 3.06 bits per heavy atom. The number of carbonyl (C=O) groups excluding carboxylic acids is 1. The van der Waals surface area contributed by atoms with Crippen molar-refractivity contribution in [2.45, 2.75) is 25.5 Å². The quantitative estimate of drug-likeness (QED) is 0.706. The summed E-state index contributed by atoms with van der Waals surface area (Å²) in [5, 5.41) is 14.5. The highest BCUT2D eigenvalue weighted by Gasteiger charge is 2.03. The molecule has 0 aromatic carbocycles. The van der Waals surface area contributed by atoms with Gasteiger partial charge in [0.1, 0.15) is 0 Å². The summed E-state index contributed by atoms with van der Waals surface area (Å²) in [6.07, 6.45) is 1.57. The summed E-state index contributed by atoms with van der Waals surface area (Å²) in [7, 11) is 0. The van der Waals surface area contributed by atoms with E-state index in [0.717, 1.165) is 29.3 Å². The number of thioether (sulfide) groups is 1. The molecule has 0 aliphatic carbocycles. The van der Waals surface area contributed by atoms with Crippen molar-refractivity contribution in [3.63, 3.8) is 0 Å². The predicted octanol–water partition coefficient (Wildman–Crippen LogP) is 1.57. The molecule has 0 unspecified atom stereocenters. The summed E-state index contributed by atoms with van der Waals surface area (Å²) >= 11 is 3.21. The summed E-state index contributed by atoms with van der Waals surface area (Å²) in [6, 6.07) is 0. The van der Waals surface area contributed by atoms with Crippen molar-refractivity contribution in [3.05, 3.63) is 16.1 Å². The van der Waals surface area contributed by atoms with Crippen LogP contribution in [0.2, 0.25) is 0 Å². The third kappa shape index (κ3) is 6.65. The SMILES string of the molecule is Cc1nc(CSCC(=O)NCCCCO)cs1. The molecule has 0 atom stereocenters. The lowest BCUT2D eigenvalue weighted by atomic mass is 10.3. The Morgan fingerprint density at radius 2 is 2.41 bits per heavy atom. The number of carbonyl (C=O) groups is 1. The van der Waals surface area contributed by atoms with Crippen LogP contribution >= 0.6 is 23.1 Å². The molecule has 17 heavy (non-hydrogen) atoms. The smallest absolute Gasteiger partial charge is 0.230 e. The zero-order valence-electron chi connectivity index (χ0n) is 9.94. The normalized spacial score (nSPS) is 10.5. The number of nitrogens with one attached hydrogen (secondary N) is 1. The zero-order valence-corrected chi connectivity index (χ0v) is 11.6. The first kappa shape index (κ1) is 14.5. The lowest BCUT2D eigenvalue weighted by Crippen LogP contribution is -2.26. The molecule has 2 N–H and O–H groups in total. The Balaban J connectivity index is 2.04. The Hall–Kier alpha value is -0.590. The molecule has 1 aromatic heterocycles. The molecular formula is C11H18N2O2S2. The second-order valence-electron chi connectivity index (χ2n) is 3.63. The number of amides is 1. The van der Waals surface area contributed by atoms with Crippen LogP contribution in [0.25, 0.3) is 0 Å². The summed E-state index contributed by atoms with van der Waals surface area (Å²) in [5.74, 6) is 1.31. The fourth-order valence-electron chi connectivity index (χ4n) is 1.24. The fraction of sp³-hybridized carbons (Fsp3) is 0.636. The molecule has 4 nitrogen and oxygen atoms in total. The van der Waals surface area contributed by atoms with Gasteiger partial charge in [-0.3, -0.25) is 4.79 Å². The molecule has 0 fully saturated rings. The van der Waals surface area contributed by atoms with Gasteiger partial charge in [-0.25, -0.2) is 4.98 Å². The van der Waals surface area contributed by atoms with E-state index >= 15 is 0 Å².